The molecule has 0 unspecified atom stereocenters. The predicted molar refractivity (Wildman–Crippen MR) is 72.0 cm³/mol. The molecule has 1 aromatic rings. The fourth-order valence-corrected chi connectivity index (χ4v) is 2.06. The molecule has 0 spiro atoms. The lowest BCUT2D eigenvalue weighted by molar-refractivity contribution is -0.117. The topological polar surface area (TPSA) is 84.9 Å². The number of carbonyl (C=O) groups excluding carboxylic acids is 1. The number of hydrogen-bond donors (Lipinski definition) is 2. The number of nitrogens with one attached hydrogen (secondary N) is 1. The SMILES string of the molecule is O=C(Nc1c(Cl)cc(C(=O)O)cc1Cl)C1=COCCO1. The molecule has 8 heteroatoms. The van der Waals surface area contributed by atoms with Crippen molar-refractivity contribution in [2.75, 3.05) is 18.5 Å². The number of ether oxygens (including phenoxy) is 2. The van der Waals surface area contributed by atoms with E-state index in [1.165, 1.54) is 18.4 Å². The van der Waals surface area contributed by atoms with Crippen molar-refractivity contribution < 1.29 is 24.2 Å². The maximum Gasteiger partial charge on any atom is 0.335 e. The minimum Gasteiger partial charge on any atom is -0.494 e. The van der Waals surface area contributed by atoms with E-state index in [2.05, 4.69) is 5.32 Å². The van der Waals surface area contributed by atoms with Gasteiger partial charge in [-0.3, -0.25) is 4.79 Å². The lowest BCUT2D eigenvalue weighted by atomic mass is 10.2. The summed E-state index contributed by atoms with van der Waals surface area (Å²) in [5.41, 5.74) is 0.0351. The standard InChI is InChI=1S/C12H9Cl2NO5/c13-7-3-6(12(17)18)4-8(14)10(7)15-11(16)9-5-19-1-2-20-9/h3-5H,1-2H2,(H,15,16)(H,17,18). The lowest BCUT2D eigenvalue weighted by Gasteiger charge is -2.16. The van der Waals surface area contributed by atoms with Crippen molar-refractivity contribution >= 4 is 40.8 Å². The molecule has 1 aromatic carbocycles. The van der Waals surface area contributed by atoms with Crippen molar-refractivity contribution in [3.8, 4) is 0 Å². The highest BCUT2D eigenvalue weighted by molar-refractivity contribution is 6.40. The number of halogens is 2. The summed E-state index contributed by atoms with van der Waals surface area (Å²) in [4.78, 5) is 22.7. The van der Waals surface area contributed by atoms with E-state index in [0.29, 0.717) is 6.61 Å². The molecule has 20 heavy (non-hydrogen) atoms. The zero-order valence-electron chi connectivity index (χ0n) is 9.98. The molecule has 1 heterocycles. The minimum atomic E-state index is -1.17. The number of carbonyl (C=O) groups is 2. The number of aromatic carboxylic acids is 1. The maximum absolute atomic E-state index is 11.9. The summed E-state index contributed by atoms with van der Waals surface area (Å²) in [6.07, 6.45) is 1.19. The zero-order chi connectivity index (χ0) is 14.7. The summed E-state index contributed by atoms with van der Waals surface area (Å²) in [6.45, 7) is 0.629. The van der Waals surface area contributed by atoms with Crippen LogP contribution in [-0.2, 0) is 14.3 Å². The molecular weight excluding hydrogens is 309 g/mol. The van der Waals surface area contributed by atoms with Gasteiger partial charge in [0.1, 0.15) is 19.5 Å². The van der Waals surface area contributed by atoms with Gasteiger partial charge in [-0.1, -0.05) is 23.2 Å². The highest BCUT2D eigenvalue weighted by atomic mass is 35.5. The third-order valence-corrected chi connectivity index (χ3v) is 3.00. The number of hydrogen-bond acceptors (Lipinski definition) is 4. The van der Waals surface area contributed by atoms with Gasteiger partial charge in [-0.25, -0.2) is 4.79 Å². The normalized spacial score (nSPS) is 13.8. The highest BCUT2D eigenvalue weighted by Crippen LogP contribution is 2.32. The summed E-state index contributed by atoms with van der Waals surface area (Å²) in [7, 11) is 0. The molecule has 2 rings (SSSR count). The Morgan fingerprint density at radius 2 is 1.85 bits per heavy atom. The van der Waals surface area contributed by atoms with Crippen LogP contribution in [-0.4, -0.2) is 30.2 Å². The molecule has 0 saturated carbocycles. The lowest BCUT2D eigenvalue weighted by Crippen LogP contribution is -2.21. The van der Waals surface area contributed by atoms with E-state index in [0.717, 1.165) is 0 Å². The van der Waals surface area contributed by atoms with Crippen molar-refractivity contribution in [3.05, 3.63) is 39.8 Å². The van der Waals surface area contributed by atoms with Gasteiger partial charge in [0.2, 0.25) is 5.76 Å². The van der Waals surface area contributed by atoms with Crippen LogP contribution < -0.4 is 5.32 Å². The molecule has 1 aliphatic heterocycles. The molecule has 6 nitrogen and oxygen atoms in total. The van der Waals surface area contributed by atoms with Crippen LogP contribution in [0, 0.1) is 0 Å². The number of rotatable bonds is 3. The van der Waals surface area contributed by atoms with Crippen LogP contribution in [0.15, 0.2) is 24.2 Å². The van der Waals surface area contributed by atoms with Crippen LogP contribution >= 0.6 is 23.2 Å². The van der Waals surface area contributed by atoms with Crippen LogP contribution in [0.1, 0.15) is 10.4 Å². The molecule has 0 aliphatic carbocycles. The largest absolute Gasteiger partial charge is 0.494 e. The van der Waals surface area contributed by atoms with Crippen LogP contribution in [0.3, 0.4) is 0 Å². The van der Waals surface area contributed by atoms with Gasteiger partial charge in [-0.15, -0.1) is 0 Å². The average Bonchev–Trinajstić information content (AvgIpc) is 2.43. The molecule has 0 fully saturated rings. The number of carboxylic acid groups (broad SMARTS) is 1. The second kappa shape index (κ2) is 6.02. The smallest absolute Gasteiger partial charge is 0.335 e. The summed E-state index contributed by atoms with van der Waals surface area (Å²) in [5.74, 6) is -1.76. The summed E-state index contributed by atoms with van der Waals surface area (Å²) in [5, 5.41) is 11.3. The molecule has 0 atom stereocenters. The monoisotopic (exact) mass is 317 g/mol. The van der Waals surface area contributed by atoms with Gasteiger partial charge in [0.25, 0.3) is 5.91 Å². The van der Waals surface area contributed by atoms with Crippen LogP contribution in [0.2, 0.25) is 10.0 Å². The fraction of sp³-hybridized carbons (Fsp3) is 0.167. The zero-order valence-corrected chi connectivity index (χ0v) is 11.5. The van der Waals surface area contributed by atoms with Gasteiger partial charge in [-0.2, -0.15) is 0 Å². The Kier molecular flexibility index (Phi) is 4.36. The quantitative estimate of drug-likeness (QED) is 0.894. The third-order valence-electron chi connectivity index (χ3n) is 2.40. The molecule has 0 radical (unpaired) electrons. The predicted octanol–water partition coefficient (Wildman–Crippen LogP) is 2.52. The van der Waals surface area contributed by atoms with Crippen LogP contribution in [0.25, 0.3) is 0 Å². The summed E-state index contributed by atoms with van der Waals surface area (Å²) < 4.78 is 10.1. The molecular formula is C12H9Cl2NO5. The Hall–Kier alpha value is -1.92. The van der Waals surface area contributed by atoms with E-state index in [1.54, 1.807) is 0 Å². The highest BCUT2D eigenvalue weighted by Gasteiger charge is 2.19. The molecule has 0 saturated heterocycles. The number of anilines is 1. The van der Waals surface area contributed by atoms with E-state index in [4.69, 9.17) is 37.8 Å². The molecule has 1 aliphatic rings. The first-order chi connectivity index (χ1) is 9.49. The average molecular weight is 318 g/mol. The van der Waals surface area contributed by atoms with Gasteiger partial charge < -0.3 is 19.9 Å². The molecule has 2 N–H and O–H groups in total. The Morgan fingerprint density at radius 1 is 1.20 bits per heavy atom. The summed E-state index contributed by atoms with van der Waals surface area (Å²) in [6, 6.07) is 2.38. The van der Waals surface area contributed by atoms with Gasteiger partial charge in [0, 0.05) is 0 Å². The van der Waals surface area contributed by atoms with Crippen LogP contribution in [0.4, 0.5) is 5.69 Å². The summed E-state index contributed by atoms with van der Waals surface area (Å²) >= 11 is 11.8. The van der Waals surface area contributed by atoms with Gasteiger partial charge in [0.15, 0.2) is 0 Å². The van der Waals surface area contributed by atoms with Crippen molar-refractivity contribution in [1.82, 2.24) is 0 Å². The Bertz CT molecular complexity index is 577. The Morgan fingerprint density at radius 3 is 2.35 bits per heavy atom. The van der Waals surface area contributed by atoms with E-state index >= 15 is 0 Å². The fourth-order valence-electron chi connectivity index (χ4n) is 1.48. The van der Waals surface area contributed by atoms with Crippen molar-refractivity contribution in [2.45, 2.75) is 0 Å². The maximum atomic E-state index is 11.9. The minimum absolute atomic E-state index is 0.00862. The van der Waals surface area contributed by atoms with Crippen molar-refractivity contribution in [3.63, 3.8) is 0 Å². The van der Waals surface area contributed by atoms with Crippen molar-refractivity contribution in [2.24, 2.45) is 0 Å². The first kappa shape index (κ1) is 14.5. The van der Waals surface area contributed by atoms with E-state index in [1.807, 2.05) is 0 Å². The third kappa shape index (κ3) is 3.15. The molecule has 1 amide bonds. The van der Waals surface area contributed by atoms with Crippen LogP contribution in [0.5, 0.6) is 0 Å². The Balaban J connectivity index is 2.23. The van der Waals surface area contributed by atoms with Gasteiger partial charge in [-0.05, 0) is 12.1 Å². The first-order valence-corrected chi connectivity index (χ1v) is 6.23. The van der Waals surface area contributed by atoms with E-state index < -0.39 is 11.9 Å². The van der Waals surface area contributed by atoms with E-state index in [-0.39, 0.29) is 33.7 Å². The molecule has 0 aromatic heterocycles. The first-order valence-electron chi connectivity index (χ1n) is 5.47. The second-order valence-electron chi connectivity index (χ2n) is 3.78. The number of amides is 1. The second-order valence-corrected chi connectivity index (χ2v) is 4.59. The number of benzene rings is 1. The molecule has 106 valence electrons. The van der Waals surface area contributed by atoms with Crippen molar-refractivity contribution in [1.29, 1.82) is 0 Å². The van der Waals surface area contributed by atoms with E-state index in [9.17, 15) is 9.59 Å². The molecule has 0 bridgehead atoms. The number of carboxylic acids is 1. The Labute approximate surface area is 123 Å². The van der Waals surface area contributed by atoms with Gasteiger partial charge in [0.05, 0.1) is 21.3 Å². The van der Waals surface area contributed by atoms with Gasteiger partial charge >= 0.3 is 5.97 Å².